The lowest BCUT2D eigenvalue weighted by Gasteiger charge is -2.39. The SMILES string of the molecule is CCCC(=O)N1CCCCC1N(C)C. The summed E-state index contributed by atoms with van der Waals surface area (Å²) in [5.41, 5.74) is 0. The van der Waals surface area contributed by atoms with Gasteiger partial charge in [0.05, 0.1) is 6.17 Å². The van der Waals surface area contributed by atoms with E-state index in [4.69, 9.17) is 0 Å². The van der Waals surface area contributed by atoms with Gasteiger partial charge in [-0.15, -0.1) is 0 Å². The summed E-state index contributed by atoms with van der Waals surface area (Å²) in [4.78, 5) is 16.0. The summed E-state index contributed by atoms with van der Waals surface area (Å²) in [6.45, 7) is 3.01. The molecule has 1 atom stereocenters. The smallest absolute Gasteiger partial charge is 0.223 e. The first-order chi connectivity index (χ1) is 6.66. The number of nitrogens with zero attached hydrogens (tertiary/aromatic N) is 2. The molecule has 0 N–H and O–H groups in total. The topological polar surface area (TPSA) is 23.6 Å². The summed E-state index contributed by atoms with van der Waals surface area (Å²) in [7, 11) is 4.12. The minimum absolute atomic E-state index is 0.325. The highest BCUT2D eigenvalue weighted by Crippen LogP contribution is 2.19. The van der Waals surface area contributed by atoms with Crippen LogP contribution in [0.2, 0.25) is 0 Å². The van der Waals surface area contributed by atoms with Crippen LogP contribution in [0.25, 0.3) is 0 Å². The number of hydrogen-bond donors (Lipinski definition) is 0. The Bertz CT molecular complexity index is 192. The first-order valence-electron chi connectivity index (χ1n) is 5.62. The molecule has 82 valence electrons. The number of carbonyl (C=O) groups is 1. The van der Waals surface area contributed by atoms with Crippen molar-refractivity contribution < 1.29 is 4.79 Å². The lowest BCUT2D eigenvalue weighted by Crippen LogP contribution is -2.50. The van der Waals surface area contributed by atoms with Gasteiger partial charge in [-0.05, 0) is 39.8 Å². The van der Waals surface area contributed by atoms with Gasteiger partial charge in [0.1, 0.15) is 0 Å². The molecule has 1 unspecified atom stereocenters. The van der Waals surface area contributed by atoms with E-state index in [1.54, 1.807) is 0 Å². The van der Waals surface area contributed by atoms with Crippen LogP contribution in [0.15, 0.2) is 0 Å². The van der Waals surface area contributed by atoms with Gasteiger partial charge in [0.25, 0.3) is 0 Å². The fraction of sp³-hybridized carbons (Fsp3) is 0.909. The van der Waals surface area contributed by atoms with E-state index in [9.17, 15) is 4.79 Å². The third-order valence-electron chi connectivity index (χ3n) is 2.85. The quantitative estimate of drug-likeness (QED) is 0.689. The van der Waals surface area contributed by atoms with Crippen molar-refractivity contribution in [2.75, 3.05) is 20.6 Å². The molecule has 1 aliphatic rings. The Balaban J connectivity index is 2.57. The van der Waals surface area contributed by atoms with Gasteiger partial charge in [-0.1, -0.05) is 6.92 Å². The van der Waals surface area contributed by atoms with Crippen molar-refractivity contribution in [3.8, 4) is 0 Å². The van der Waals surface area contributed by atoms with Gasteiger partial charge in [-0.3, -0.25) is 9.69 Å². The third-order valence-corrected chi connectivity index (χ3v) is 2.85. The van der Waals surface area contributed by atoms with Crippen molar-refractivity contribution in [2.24, 2.45) is 0 Å². The van der Waals surface area contributed by atoms with Gasteiger partial charge in [-0.2, -0.15) is 0 Å². The van der Waals surface area contributed by atoms with Crippen LogP contribution in [-0.2, 0) is 4.79 Å². The number of piperidine rings is 1. The highest BCUT2D eigenvalue weighted by Gasteiger charge is 2.26. The van der Waals surface area contributed by atoms with Gasteiger partial charge in [-0.25, -0.2) is 0 Å². The molecule has 0 bridgehead atoms. The number of likely N-dealkylation sites (tertiary alicyclic amines) is 1. The van der Waals surface area contributed by atoms with Crippen LogP contribution in [0.1, 0.15) is 39.0 Å². The zero-order valence-electron chi connectivity index (χ0n) is 9.62. The second-order valence-electron chi connectivity index (χ2n) is 4.28. The maximum Gasteiger partial charge on any atom is 0.223 e. The highest BCUT2D eigenvalue weighted by atomic mass is 16.2. The summed E-state index contributed by atoms with van der Waals surface area (Å²) in [6.07, 6.45) is 5.53. The lowest BCUT2D eigenvalue weighted by molar-refractivity contribution is -0.138. The molecule has 0 aromatic rings. The normalized spacial score (nSPS) is 22.9. The first-order valence-corrected chi connectivity index (χ1v) is 5.62. The van der Waals surface area contributed by atoms with E-state index in [-0.39, 0.29) is 0 Å². The van der Waals surface area contributed by atoms with Gasteiger partial charge >= 0.3 is 0 Å². The molecule has 0 aromatic carbocycles. The standard InChI is InChI=1S/C11H22N2O/c1-4-7-11(14)13-9-6-5-8-10(13)12(2)3/h10H,4-9H2,1-3H3. The molecule has 1 rings (SSSR count). The average molecular weight is 198 g/mol. The Kier molecular flexibility index (Phi) is 4.39. The van der Waals surface area contributed by atoms with Crippen LogP contribution in [-0.4, -0.2) is 42.5 Å². The van der Waals surface area contributed by atoms with E-state index in [1.807, 2.05) is 4.90 Å². The summed E-state index contributed by atoms with van der Waals surface area (Å²) in [6, 6.07) is 0. The van der Waals surface area contributed by atoms with E-state index in [0.29, 0.717) is 18.5 Å². The molecular formula is C11H22N2O. The Morgan fingerprint density at radius 1 is 1.43 bits per heavy atom. The average Bonchev–Trinajstić information content (AvgIpc) is 2.18. The van der Waals surface area contributed by atoms with Crippen LogP contribution >= 0.6 is 0 Å². The van der Waals surface area contributed by atoms with Crippen LogP contribution in [0, 0.1) is 0 Å². The van der Waals surface area contributed by atoms with Gasteiger partial charge in [0, 0.05) is 13.0 Å². The minimum Gasteiger partial charge on any atom is -0.327 e. The molecule has 0 radical (unpaired) electrons. The second kappa shape index (κ2) is 5.35. The number of rotatable bonds is 3. The number of amides is 1. The van der Waals surface area contributed by atoms with Crippen LogP contribution in [0.4, 0.5) is 0 Å². The highest BCUT2D eigenvalue weighted by molar-refractivity contribution is 5.76. The minimum atomic E-state index is 0.325. The molecule has 1 heterocycles. The second-order valence-corrected chi connectivity index (χ2v) is 4.28. The molecule has 0 aliphatic carbocycles. The monoisotopic (exact) mass is 198 g/mol. The molecule has 1 aliphatic heterocycles. The summed E-state index contributed by atoms with van der Waals surface area (Å²) >= 11 is 0. The Morgan fingerprint density at radius 2 is 2.14 bits per heavy atom. The molecule has 1 fully saturated rings. The lowest BCUT2D eigenvalue weighted by atomic mass is 10.1. The molecular weight excluding hydrogens is 176 g/mol. The molecule has 3 nitrogen and oxygen atoms in total. The van der Waals surface area contributed by atoms with Crippen molar-refractivity contribution in [1.29, 1.82) is 0 Å². The maximum atomic E-state index is 11.8. The van der Waals surface area contributed by atoms with Crippen molar-refractivity contribution in [2.45, 2.75) is 45.2 Å². The van der Waals surface area contributed by atoms with Gasteiger partial charge < -0.3 is 4.90 Å². The number of hydrogen-bond acceptors (Lipinski definition) is 2. The summed E-state index contributed by atoms with van der Waals surface area (Å²) < 4.78 is 0. The Hall–Kier alpha value is -0.570. The molecule has 14 heavy (non-hydrogen) atoms. The number of carbonyl (C=O) groups excluding carboxylic acids is 1. The molecule has 1 saturated heterocycles. The molecule has 1 amide bonds. The summed E-state index contributed by atoms with van der Waals surface area (Å²) in [5.74, 6) is 0.325. The fourth-order valence-electron chi connectivity index (χ4n) is 2.10. The Labute approximate surface area is 87.1 Å². The summed E-state index contributed by atoms with van der Waals surface area (Å²) in [5, 5.41) is 0. The van der Waals surface area contributed by atoms with Gasteiger partial charge in [0.15, 0.2) is 0 Å². The predicted octanol–water partition coefficient (Wildman–Crippen LogP) is 1.69. The fourth-order valence-corrected chi connectivity index (χ4v) is 2.10. The van der Waals surface area contributed by atoms with E-state index >= 15 is 0 Å². The van der Waals surface area contributed by atoms with Crippen molar-refractivity contribution in [1.82, 2.24) is 9.80 Å². The first kappa shape index (κ1) is 11.5. The van der Waals surface area contributed by atoms with E-state index < -0.39 is 0 Å². The van der Waals surface area contributed by atoms with Crippen molar-refractivity contribution in [3.05, 3.63) is 0 Å². The van der Waals surface area contributed by atoms with Crippen molar-refractivity contribution in [3.63, 3.8) is 0 Å². The van der Waals surface area contributed by atoms with Crippen LogP contribution < -0.4 is 0 Å². The van der Waals surface area contributed by atoms with Gasteiger partial charge in [0.2, 0.25) is 5.91 Å². The van der Waals surface area contributed by atoms with Crippen molar-refractivity contribution >= 4 is 5.91 Å². The Morgan fingerprint density at radius 3 is 2.71 bits per heavy atom. The largest absolute Gasteiger partial charge is 0.327 e. The van der Waals surface area contributed by atoms with E-state index in [2.05, 4.69) is 25.9 Å². The molecule has 3 heteroatoms. The predicted molar refractivity (Wildman–Crippen MR) is 57.9 cm³/mol. The molecule has 0 saturated carbocycles. The van der Waals surface area contributed by atoms with Crippen LogP contribution in [0.3, 0.4) is 0 Å². The molecule has 0 spiro atoms. The molecule has 0 aromatic heterocycles. The van der Waals surface area contributed by atoms with E-state index in [0.717, 1.165) is 19.4 Å². The third kappa shape index (κ3) is 2.71. The van der Waals surface area contributed by atoms with Crippen LogP contribution in [0.5, 0.6) is 0 Å². The maximum absolute atomic E-state index is 11.8. The zero-order valence-corrected chi connectivity index (χ0v) is 9.62. The zero-order chi connectivity index (χ0) is 10.6. The van der Waals surface area contributed by atoms with E-state index in [1.165, 1.54) is 12.8 Å².